The fraction of sp³-hybridized carbons (Fsp3) is 0.111. The molecule has 1 aromatic heterocycles. The molecule has 5 nitrogen and oxygen atoms in total. The van der Waals surface area contributed by atoms with Gasteiger partial charge in [-0.25, -0.2) is 0 Å². The maximum Gasteiger partial charge on any atom is 0.339 e. The van der Waals surface area contributed by atoms with Gasteiger partial charge in [-0.2, -0.15) is 8.42 Å². The van der Waals surface area contributed by atoms with Crippen molar-refractivity contribution in [2.75, 3.05) is 7.11 Å². The maximum absolute atomic E-state index is 12.7. The van der Waals surface area contributed by atoms with E-state index < -0.39 is 10.1 Å². The van der Waals surface area contributed by atoms with Crippen LogP contribution in [0.1, 0.15) is 5.56 Å². The predicted molar refractivity (Wildman–Crippen MR) is 91.8 cm³/mol. The summed E-state index contributed by atoms with van der Waals surface area (Å²) in [5.41, 5.74) is 1.98. The van der Waals surface area contributed by atoms with Crippen molar-refractivity contribution in [1.82, 2.24) is 4.98 Å². The lowest BCUT2D eigenvalue weighted by Gasteiger charge is -2.14. The van der Waals surface area contributed by atoms with Crippen LogP contribution < -0.4 is 8.92 Å². The molecule has 3 aromatic rings. The van der Waals surface area contributed by atoms with E-state index in [1.165, 1.54) is 0 Å². The molecular formula is C18H17NO4S. The predicted octanol–water partition coefficient (Wildman–Crippen LogP) is 3.77. The number of ether oxygens (including phenoxy) is 1. The van der Waals surface area contributed by atoms with Gasteiger partial charge in [0.2, 0.25) is 0 Å². The van der Waals surface area contributed by atoms with E-state index in [9.17, 15) is 8.42 Å². The first-order chi connectivity index (χ1) is 11.5. The molecule has 0 radical (unpaired) electrons. The molecule has 0 saturated carbocycles. The Bertz CT molecular complexity index is 933. The Morgan fingerprint density at radius 3 is 2.38 bits per heavy atom. The summed E-state index contributed by atoms with van der Waals surface area (Å²) in [6.07, 6.45) is 1.77. The van der Waals surface area contributed by atoms with Crippen LogP contribution in [0.3, 0.4) is 0 Å². The van der Waals surface area contributed by atoms with Crippen LogP contribution in [-0.4, -0.2) is 20.5 Å². The SMILES string of the molecule is COc1cc(C)c(S(=O)(=O)Oc2ccccc2)cc1-c1ccc[nH]1. The minimum atomic E-state index is -3.95. The number of nitrogens with one attached hydrogen (secondary N) is 1. The van der Waals surface area contributed by atoms with Crippen LogP contribution in [0.4, 0.5) is 0 Å². The number of methoxy groups -OCH3 is 1. The topological polar surface area (TPSA) is 68.4 Å². The smallest absolute Gasteiger partial charge is 0.339 e. The zero-order valence-electron chi connectivity index (χ0n) is 13.3. The number of hydrogen-bond acceptors (Lipinski definition) is 4. The minimum Gasteiger partial charge on any atom is -0.496 e. The Kier molecular flexibility index (Phi) is 4.31. The Hall–Kier alpha value is -2.73. The lowest BCUT2D eigenvalue weighted by molar-refractivity contribution is 0.415. The Morgan fingerprint density at radius 1 is 1.00 bits per heavy atom. The first-order valence-electron chi connectivity index (χ1n) is 7.33. The van der Waals surface area contributed by atoms with Gasteiger partial charge in [0.1, 0.15) is 16.4 Å². The second-order valence-electron chi connectivity index (χ2n) is 5.25. The van der Waals surface area contributed by atoms with Crippen molar-refractivity contribution < 1.29 is 17.3 Å². The van der Waals surface area contributed by atoms with Crippen molar-refractivity contribution in [3.63, 3.8) is 0 Å². The van der Waals surface area contributed by atoms with Gasteiger partial charge in [-0.05, 0) is 48.9 Å². The van der Waals surface area contributed by atoms with Crippen molar-refractivity contribution in [3.05, 3.63) is 66.4 Å². The van der Waals surface area contributed by atoms with Crippen LogP contribution in [0.15, 0.2) is 65.7 Å². The van der Waals surface area contributed by atoms with Crippen molar-refractivity contribution in [3.8, 4) is 22.8 Å². The molecule has 24 heavy (non-hydrogen) atoms. The first kappa shape index (κ1) is 16.1. The highest BCUT2D eigenvalue weighted by molar-refractivity contribution is 7.87. The van der Waals surface area contributed by atoms with Gasteiger partial charge in [0.25, 0.3) is 0 Å². The fourth-order valence-corrected chi connectivity index (χ4v) is 3.63. The Labute approximate surface area is 141 Å². The Morgan fingerprint density at radius 2 is 1.75 bits per heavy atom. The lowest BCUT2D eigenvalue weighted by Crippen LogP contribution is -2.11. The number of aromatic amines is 1. The average molecular weight is 343 g/mol. The van der Waals surface area contributed by atoms with Crippen LogP contribution in [0, 0.1) is 6.92 Å². The highest BCUT2D eigenvalue weighted by atomic mass is 32.2. The van der Waals surface area contributed by atoms with Gasteiger partial charge in [0, 0.05) is 17.5 Å². The number of aromatic nitrogens is 1. The number of benzene rings is 2. The van der Waals surface area contributed by atoms with Gasteiger partial charge in [-0.15, -0.1) is 0 Å². The molecule has 0 aliphatic heterocycles. The van der Waals surface area contributed by atoms with Crippen LogP contribution in [0.25, 0.3) is 11.3 Å². The van der Waals surface area contributed by atoms with E-state index in [1.807, 2.05) is 12.1 Å². The Balaban J connectivity index is 2.09. The molecule has 0 unspecified atom stereocenters. The van der Waals surface area contributed by atoms with E-state index in [-0.39, 0.29) is 10.6 Å². The van der Waals surface area contributed by atoms with Crippen molar-refractivity contribution >= 4 is 10.1 Å². The molecule has 1 heterocycles. The third kappa shape index (κ3) is 3.14. The second kappa shape index (κ2) is 6.41. The van der Waals surface area contributed by atoms with Gasteiger partial charge >= 0.3 is 10.1 Å². The van der Waals surface area contributed by atoms with E-state index in [4.69, 9.17) is 8.92 Å². The number of hydrogen-bond donors (Lipinski definition) is 1. The summed E-state index contributed by atoms with van der Waals surface area (Å²) >= 11 is 0. The third-order valence-corrected chi connectivity index (χ3v) is 4.99. The summed E-state index contributed by atoms with van der Waals surface area (Å²) in [7, 11) is -2.40. The highest BCUT2D eigenvalue weighted by Gasteiger charge is 2.22. The molecule has 0 aliphatic carbocycles. The van der Waals surface area contributed by atoms with E-state index in [1.54, 1.807) is 62.7 Å². The number of para-hydroxylation sites is 1. The van der Waals surface area contributed by atoms with E-state index in [0.717, 1.165) is 5.69 Å². The molecule has 6 heteroatoms. The summed E-state index contributed by atoms with van der Waals surface area (Å²) in [4.78, 5) is 3.17. The van der Waals surface area contributed by atoms with E-state index in [2.05, 4.69) is 4.98 Å². The fourth-order valence-electron chi connectivity index (χ4n) is 2.46. The normalized spacial score (nSPS) is 11.2. The maximum atomic E-state index is 12.7. The average Bonchev–Trinajstić information content (AvgIpc) is 3.09. The lowest BCUT2D eigenvalue weighted by atomic mass is 10.1. The van der Waals surface area contributed by atoms with Gasteiger partial charge in [0.05, 0.1) is 7.11 Å². The van der Waals surface area contributed by atoms with Crippen molar-refractivity contribution in [1.29, 1.82) is 0 Å². The van der Waals surface area contributed by atoms with Crippen LogP contribution >= 0.6 is 0 Å². The number of H-pyrrole nitrogens is 1. The molecule has 0 bridgehead atoms. The number of rotatable bonds is 5. The largest absolute Gasteiger partial charge is 0.496 e. The molecule has 0 atom stereocenters. The summed E-state index contributed by atoms with van der Waals surface area (Å²) in [6, 6.07) is 15.4. The third-order valence-electron chi connectivity index (χ3n) is 3.60. The summed E-state index contributed by atoms with van der Waals surface area (Å²) < 4.78 is 36.0. The summed E-state index contributed by atoms with van der Waals surface area (Å²) in [5, 5.41) is 0. The molecule has 0 fully saturated rings. The van der Waals surface area contributed by atoms with E-state index in [0.29, 0.717) is 16.9 Å². The number of aryl methyl sites for hydroxylation is 1. The van der Waals surface area contributed by atoms with Gasteiger partial charge in [-0.3, -0.25) is 0 Å². The standard InChI is InChI=1S/C18H17NO4S/c1-13-11-17(22-2)15(16-9-6-10-19-16)12-18(13)24(20,21)23-14-7-4-3-5-8-14/h3-12,19H,1-2H3. The molecule has 0 spiro atoms. The van der Waals surface area contributed by atoms with E-state index >= 15 is 0 Å². The molecule has 0 saturated heterocycles. The quantitative estimate of drug-likeness (QED) is 0.716. The van der Waals surface area contributed by atoms with Gasteiger partial charge < -0.3 is 13.9 Å². The molecular weight excluding hydrogens is 326 g/mol. The van der Waals surface area contributed by atoms with Crippen molar-refractivity contribution in [2.45, 2.75) is 11.8 Å². The highest BCUT2D eigenvalue weighted by Crippen LogP contribution is 2.34. The monoisotopic (exact) mass is 343 g/mol. The van der Waals surface area contributed by atoms with Crippen LogP contribution in [0.5, 0.6) is 11.5 Å². The second-order valence-corrected chi connectivity index (χ2v) is 6.77. The molecule has 124 valence electrons. The zero-order valence-corrected chi connectivity index (χ0v) is 14.1. The van der Waals surface area contributed by atoms with Crippen molar-refractivity contribution in [2.24, 2.45) is 0 Å². The summed E-state index contributed by atoms with van der Waals surface area (Å²) in [6.45, 7) is 1.71. The zero-order chi connectivity index (χ0) is 17.2. The molecule has 0 amide bonds. The molecule has 1 N–H and O–H groups in total. The van der Waals surface area contributed by atoms with Crippen LogP contribution in [0.2, 0.25) is 0 Å². The first-order valence-corrected chi connectivity index (χ1v) is 8.74. The molecule has 0 aliphatic rings. The van der Waals surface area contributed by atoms with Crippen LogP contribution in [-0.2, 0) is 10.1 Å². The van der Waals surface area contributed by atoms with Gasteiger partial charge in [0.15, 0.2) is 0 Å². The molecule has 3 rings (SSSR count). The molecule has 2 aromatic carbocycles. The summed E-state index contributed by atoms with van der Waals surface area (Å²) in [5.74, 6) is 0.864. The van der Waals surface area contributed by atoms with Gasteiger partial charge in [-0.1, -0.05) is 18.2 Å². The minimum absolute atomic E-state index is 0.108.